The monoisotopic (exact) mass is 483 g/mol. The van der Waals surface area contributed by atoms with Crippen LogP contribution in [0.4, 0.5) is 0 Å². The Morgan fingerprint density at radius 2 is 2.00 bits per heavy atom. The van der Waals surface area contributed by atoms with Crippen LogP contribution in [0.1, 0.15) is 17.3 Å². The van der Waals surface area contributed by atoms with E-state index in [1.54, 1.807) is 38.1 Å². The summed E-state index contributed by atoms with van der Waals surface area (Å²) in [6.45, 7) is 1.54. The molecule has 1 N–H and O–H groups in total. The molecule has 0 fully saturated rings. The van der Waals surface area contributed by atoms with Crippen molar-refractivity contribution in [2.24, 2.45) is 4.99 Å². The van der Waals surface area contributed by atoms with Crippen LogP contribution in [-0.4, -0.2) is 48.8 Å². The van der Waals surface area contributed by atoms with Crippen molar-refractivity contribution in [2.75, 3.05) is 14.1 Å². The molecule has 0 aliphatic carbocycles. The Morgan fingerprint density at radius 1 is 1.35 bits per heavy atom. The van der Waals surface area contributed by atoms with Crippen LogP contribution in [0.3, 0.4) is 0 Å². The van der Waals surface area contributed by atoms with Gasteiger partial charge in [0.25, 0.3) is 11.8 Å². The van der Waals surface area contributed by atoms with Gasteiger partial charge in [-0.15, -0.1) is 0 Å². The molecule has 10 heteroatoms. The maximum atomic E-state index is 12.4. The number of amides is 2. The molecule has 0 spiro atoms. The second kappa shape index (κ2) is 10.8. The fraction of sp³-hybridized carbons (Fsp3) is 0.312. The Bertz CT molecular complexity index is 726. The van der Waals surface area contributed by atoms with E-state index >= 15 is 0 Å². The molecule has 142 valence electrons. The van der Waals surface area contributed by atoms with Gasteiger partial charge < -0.3 is 15.0 Å². The minimum atomic E-state index is -1.000. The number of nitrogens with one attached hydrogen (secondary N) is 1. The first-order chi connectivity index (χ1) is 12.1. The first kappa shape index (κ1) is 22.8. The smallest absolute Gasteiger partial charge is 0.269 e. The van der Waals surface area contributed by atoms with Gasteiger partial charge in [-0.05, 0) is 25.1 Å². The van der Waals surface area contributed by atoms with Crippen LogP contribution in [0.2, 0.25) is 0 Å². The molecular weight excluding hydrogens is 468 g/mol. The lowest BCUT2D eigenvalue weighted by molar-refractivity contribution is -0.119. The van der Waals surface area contributed by atoms with Gasteiger partial charge in [0.15, 0.2) is 0 Å². The summed E-state index contributed by atoms with van der Waals surface area (Å²) in [6.07, 6.45) is 1.37. The highest BCUT2D eigenvalue weighted by atomic mass is 79.9. The van der Waals surface area contributed by atoms with Crippen LogP contribution in [0, 0.1) is 0 Å². The first-order valence-electron chi connectivity index (χ1n) is 7.26. The quantitative estimate of drug-likeness (QED) is 0.361. The van der Waals surface area contributed by atoms with Crippen molar-refractivity contribution in [3.05, 3.63) is 38.8 Å². The molecule has 2 amide bonds. The molecule has 0 aromatic heterocycles. The molecule has 1 unspecified atom stereocenters. The minimum absolute atomic E-state index is 0.0947. The molecule has 26 heavy (non-hydrogen) atoms. The van der Waals surface area contributed by atoms with E-state index in [1.165, 1.54) is 12.4 Å². The van der Waals surface area contributed by atoms with Gasteiger partial charge in [-0.1, -0.05) is 50.7 Å². The molecule has 1 rings (SSSR count). The van der Waals surface area contributed by atoms with Gasteiger partial charge in [-0.3, -0.25) is 9.59 Å². The number of ether oxygens (including phenoxy) is 1. The van der Waals surface area contributed by atoms with Crippen LogP contribution in [0.25, 0.3) is 0 Å². The zero-order valence-corrected chi connectivity index (χ0v) is 18.0. The molecule has 2 atom stereocenters. The summed E-state index contributed by atoms with van der Waals surface area (Å²) < 4.78 is 6.01. The molecular formula is C16H17BrCl3N3O3. The lowest BCUT2D eigenvalue weighted by Crippen LogP contribution is -2.38. The summed E-state index contributed by atoms with van der Waals surface area (Å²) in [4.78, 5) is 29.6. The molecule has 6 nitrogen and oxygen atoms in total. The number of halogens is 4. The molecule has 0 radical (unpaired) electrons. The molecule has 0 aliphatic heterocycles. The van der Waals surface area contributed by atoms with E-state index < -0.39 is 23.4 Å². The van der Waals surface area contributed by atoms with Gasteiger partial charge in [-0.2, -0.15) is 0 Å². The van der Waals surface area contributed by atoms with Crippen molar-refractivity contribution in [3.63, 3.8) is 0 Å². The lowest BCUT2D eigenvalue weighted by atomic mass is 10.2. The summed E-state index contributed by atoms with van der Waals surface area (Å²) in [5.41, 5.74) is 0.354. The van der Waals surface area contributed by atoms with E-state index in [4.69, 9.17) is 39.5 Å². The average Bonchev–Trinajstić information content (AvgIpc) is 2.57. The van der Waals surface area contributed by atoms with E-state index in [9.17, 15) is 9.59 Å². The number of nitrogens with zero attached hydrogens (tertiary/aromatic N) is 2. The van der Waals surface area contributed by atoms with Gasteiger partial charge in [0.1, 0.15) is 11.8 Å². The largest absolute Gasteiger partial charge is 0.469 e. The third-order valence-corrected chi connectivity index (χ3v) is 4.38. The van der Waals surface area contributed by atoms with Gasteiger partial charge in [0, 0.05) is 29.7 Å². The second-order valence-electron chi connectivity index (χ2n) is 5.35. The van der Waals surface area contributed by atoms with Crippen molar-refractivity contribution < 1.29 is 14.3 Å². The number of hydrogen-bond acceptors (Lipinski definition) is 3. The van der Waals surface area contributed by atoms with E-state index in [0.29, 0.717) is 10.2 Å². The topological polar surface area (TPSA) is 71.0 Å². The summed E-state index contributed by atoms with van der Waals surface area (Å²) in [7, 11) is 3.47. The number of benzene rings is 1. The zero-order chi connectivity index (χ0) is 19.9. The Balaban J connectivity index is 2.88. The van der Waals surface area contributed by atoms with E-state index in [1.807, 2.05) is 0 Å². The van der Waals surface area contributed by atoms with Crippen LogP contribution in [-0.2, 0) is 4.79 Å². The molecule has 1 aromatic rings. The fourth-order valence-electron chi connectivity index (χ4n) is 1.61. The highest BCUT2D eigenvalue weighted by Crippen LogP contribution is 2.26. The summed E-state index contributed by atoms with van der Waals surface area (Å²) in [5, 5.41) is 2.67. The fourth-order valence-corrected chi connectivity index (χ4v) is 2.47. The number of hydrogen-bond donors (Lipinski definition) is 1. The molecule has 0 aliphatic rings. The van der Waals surface area contributed by atoms with Crippen molar-refractivity contribution in [1.29, 1.82) is 0 Å². The van der Waals surface area contributed by atoms with Crippen LogP contribution < -0.4 is 10.1 Å². The number of carbonyl (C=O) groups is 2. The summed E-state index contributed by atoms with van der Waals surface area (Å²) in [5.74, 6) is -0.647. The highest BCUT2D eigenvalue weighted by Gasteiger charge is 2.18. The Hall–Kier alpha value is -1.28. The van der Waals surface area contributed by atoms with Crippen LogP contribution in [0.5, 0.6) is 5.75 Å². The SMILES string of the molecule is C[C@H](NC(=O)c1cc(Br)cc(OC(Cl)C(Cl)=CCl)c1)C(=O)N=CN(C)C. The van der Waals surface area contributed by atoms with Crippen molar-refractivity contribution in [1.82, 2.24) is 10.2 Å². The Kier molecular flexibility index (Phi) is 9.43. The minimum Gasteiger partial charge on any atom is -0.469 e. The average molecular weight is 486 g/mol. The van der Waals surface area contributed by atoms with E-state index in [0.717, 1.165) is 5.54 Å². The normalized spacial score (nSPS) is 14.0. The van der Waals surface area contributed by atoms with Crippen molar-refractivity contribution >= 4 is 68.9 Å². The number of rotatable bonds is 7. The van der Waals surface area contributed by atoms with Gasteiger partial charge in [0.2, 0.25) is 5.56 Å². The first-order valence-corrected chi connectivity index (χ1v) is 9.30. The maximum absolute atomic E-state index is 12.4. The molecule has 1 aromatic carbocycles. The molecule has 0 saturated heterocycles. The Morgan fingerprint density at radius 3 is 2.58 bits per heavy atom. The van der Waals surface area contributed by atoms with E-state index in [-0.39, 0.29) is 10.6 Å². The second-order valence-corrected chi connectivity index (χ2v) is 7.31. The maximum Gasteiger partial charge on any atom is 0.269 e. The number of carbonyl (C=O) groups excluding carboxylic acids is 2. The predicted molar refractivity (Wildman–Crippen MR) is 108 cm³/mol. The van der Waals surface area contributed by atoms with Gasteiger partial charge >= 0.3 is 0 Å². The molecule has 0 heterocycles. The number of alkyl halides is 1. The van der Waals surface area contributed by atoms with E-state index in [2.05, 4.69) is 26.2 Å². The lowest BCUT2D eigenvalue weighted by Gasteiger charge is -2.14. The zero-order valence-electron chi connectivity index (χ0n) is 14.2. The highest BCUT2D eigenvalue weighted by molar-refractivity contribution is 9.10. The Labute approximate surface area is 175 Å². The number of aliphatic imine (C=N–C) groups is 1. The van der Waals surface area contributed by atoms with Gasteiger partial charge in [-0.25, -0.2) is 4.99 Å². The van der Waals surface area contributed by atoms with Crippen LogP contribution >= 0.6 is 50.7 Å². The third kappa shape index (κ3) is 7.53. The summed E-state index contributed by atoms with van der Waals surface area (Å²) >= 11 is 20.5. The van der Waals surface area contributed by atoms with Crippen molar-refractivity contribution in [2.45, 2.75) is 18.5 Å². The van der Waals surface area contributed by atoms with Crippen molar-refractivity contribution in [3.8, 4) is 5.75 Å². The molecule has 0 saturated carbocycles. The van der Waals surface area contributed by atoms with Gasteiger partial charge in [0.05, 0.1) is 11.4 Å². The van der Waals surface area contributed by atoms with Crippen LogP contribution in [0.15, 0.2) is 38.2 Å². The molecule has 0 bridgehead atoms. The standard InChI is InChI=1S/C16H17BrCl3N3O3/c1-9(15(24)21-8-23(2)3)22-16(25)10-4-11(17)6-12(5-10)26-14(20)13(19)7-18/h4-9,14H,1-3H3,(H,22,25)/t9-,14?/m0/s1. The predicted octanol–water partition coefficient (Wildman–Crippen LogP) is 3.95. The summed E-state index contributed by atoms with van der Waals surface area (Å²) in [6, 6.07) is 3.86. The third-order valence-electron chi connectivity index (χ3n) is 2.83.